The first-order chi connectivity index (χ1) is 18.9. The van der Waals surface area contributed by atoms with E-state index < -0.39 is 0 Å². The zero-order chi connectivity index (χ0) is 27.0. The van der Waals surface area contributed by atoms with Gasteiger partial charge in [0, 0.05) is 37.1 Å². The number of aromatic nitrogens is 3. The standard InChI is InChI=1S/C32H48N6O/c1-4-6-11-33-30-35-20-27(29(38-30)37-26(5-2)9-7-21(3)39)28-10-8-22(18-34-28)19-36-32-16-24-12-23-13-25(17-32)31(32,14-23)15-24/h8,10,18,20-21,23-26,36,39H,4-7,9,11-17,19H2,1-3H3,(H2,33,35,37,38)/t21-,23?,24?,25?,26-,31?,32?/m1/s1. The summed E-state index contributed by atoms with van der Waals surface area (Å²) >= 11 is 0. The fourth-order valence-electron chi connectivity index (χ4n) is 8.82. The van der Waals surface area contributed by atoms with Crippen LogP contribution in [0.1, 0.15) is 97.0 Å². The molecule has 6 rings (SSSR count). The average Bonchev–Trinajstić information content (AvgIpc) is 3.25. The van der Waals surface area contributed by atoms with E-state index in [1.165, 1.54) is 44.1 Å². The number of aliphatic hydroxyl groups is 1. The van der Waals surface area contributed by atoms with Crippen LogP contribution in [0.3, 0.4) is 0 Å². The molecule has 4 aliphatic rings. The molecule has 2 aromatic rings. The predicted molar refractivity (Wildman–Crippen MR) is 157 cm³/mol. The van der Waals surface area contributed by atoms with Crippen LogP contribution in [0.25, 0.3) is 11.3 Å². The Morgan fingerprint density at radius 1 is 1.03 bits per heavy atom. The second kappa shape index (κ2) is 11.0. The number of unbranched alkanes of at least 4 members (excludes halogenated alkanes) is 1. The lowest BCUT2D eigenvalue weighted by atomic mass is 9.51. The van der Waals surface area contributed by atoms with Crippen molar-refractivity contribution in [3.8, 4) is 11.3 Å². The zero-order valence-corrected chi connectivity index (χ0v) is 24.2. The smallest absolute Gasteiger partial charge is 0.224 e. The fourth-order valence-corrected chi connectivity index (χ4v) is 8.82. The minimum absolute atomic E-state index is 0.228. The van der Waals surface area contributed by atoms with Crippen molar-refractivity contribution in [2.45, 2.75) is 116 Å². The van der Waals surface area contributed by atoms with Crippen molar-refractivity contribution in [2.75, 3.05) is 17.2 Å². The van der Waals surface area contributed by atoms with E-state index in [0.29, 0.717) is 16.9 Å². The number of hydrogen-bond donors (Lipinski definition) is 4. The van der Waals surface area contributed by atoms with Crippen molar-refractivity contribution in [1.82, 2.24) is 20.3 Å². The molecular weight excluding hydrogens is 484 g/mol. The number of nitrogens with zero attached hydrogens (tertiary/aromatic N) is 3. The molecule has 39 heavy (non-hydrogen) atoms. The zero-order valence-electron chi connectivity index (χ0n) is 24.2. The minimum atomic E-state index is -0.302. The van der Waals surface area contributed by atoms with Gasteiger partial charge in [0.2, 0.25) is 5.95 Å². The van der Waals surface area contributed by atoms with Crippen molar-refractivity contribution in [2.24, 2.45) is 23.2 Å². The van der Waals surface area contributed by atoms with Gasteiger partial charge in [-0.1, -0.05) is 26.3 Å². The van der Waals surface area contributed by atoms with E-state index in [0.717, 1.165) is 80.0 Å². The van der Waals surface area contributed by atoms with Crippen molar-refractivity contribution >= 4 is 11.8 Å². The third-order valence-electron chi connectivity index (χ3n) is 10.7. The molecule has 5 unspecified atom stereocenters. The number of aliphatic hydroxyl groups excluding tert-OH is 1. The molecule has 2 heterocycles. The third-order valence-corrected chi connectivity index (χ3v) is 10.7. The van der Waals surface area contributed by atoms with Gasteiger partial charge in [0.1, 0.15) is 5.82 Å². The van der Waals surface area contributed by atoms with Crippen molar-refractivity contribution < 1.29 is 5.11 Å². The van der Waals surface area contributed by atoms with Gasteiger partial charge in [-0.05, 0) is 106 Å². The van der Waals surface area contributed by atoms with Gasteiger partial charge in [-0.25, -0.2) is 4.98 Å². The quantitative estimate of drug-likeness (QED) is 0.216. The summed E-state index contributed by atoms with van der Waals surface area (Å²) in [7, 11) is 0. The summed E-state index contributed by atoms with van der Waals surface area (Å²) in [6.07, 6.45) is 17.2. The van der Waals surface area contributed by atoms with Gasteiger partial charge in [-0.3, -0.25) is 4.98 Å². The van der Waals surface area contributed by atoms with Crippen LogP contribution in [0.15, 0.2) is 24.5 Å². The second-order valence-corrected chi connectivity index (χ2v) is 13.3. The van der Waals surface area contributed by atoms with E-state index in [-0.39, 0.29) is 12.1 Å². The molecule has 4 fully saturated rings. The van der Waals surface area contributed by atoms with Gasteiger partial charge in [0.15, 0.2) is 0 Å². The lowest BCUT2D eigenvalue weighted by molar-refractivity contribution is -0.0552. The summed E-state index contributed by atoms with van der Waals surface area (Å²) in [5, 5.41) is 20.9. The van der Waals surface area contributed by atoms with Gasteiger partial charge in [-0.2, -0.15) is 4.98 Å². The maximum absolute atomic E-state index is 9.81. The van der Waals surface area contributed by atoms with Crippen LogP contribution in [0.4, 0.5) is 11.8 Å². The third kappa shape index (κ3) is 5.06. The van der Waals surface area contributed by atoms with E-state index in [9.17, 15) is 5.11 Å². The largest absolute Gasteiger partial charge is 0.393 e. The number of hydrogen-bond acceptors (Lipinski definition) is 7. The highest BCUT2D eigenvalue weighted by molar-refractivity contribution is 5.73. The van der Waals surface area contributed by atoms with Crippen LogP contribution < -0.4 is 16.0 Å². The Bertz CT molecular complexity index is 1130. The molecule has 1 spiro atoms. The molecule has 7 heteroatoms. The van der Waals surface area contributed by atoms with Crippen LogP contribution in [0.2, 0.25) is 0 Å². The summed E-state index contributed by atoms with van der Waals surface area (Å²) in [6.45, 7) is 7.97. The summed E-state index contributed by atoms with van der Waals surface area (Å²) in [6, 6.07) is 4.58. The van der Waals surface area contributed by atoms with Gasteiger partial charge < -0.3 is 21.1 Å². The molecule has 7 nitrogen and oxygen atoms in total. The molecule has 2 aromatic heterocycles. The molecule has 0 aromatic carbocycles. The summed E-state index contributed by atoms with van der Waals surface area (Å²) in [5.74, 6) is 4.42. The van der Waals surface area contributed by atoms with Crippen molar-refractivity contribution in [3.63, 3.8) is 0 Å². The molecule has 3 bridgehead atoms. The highest BCUT2D eigenvalue weighted by Gasteiger charge is 2.74. The summed E-state index contributed by atoms with van der Waals surface area (Å²) < 4.78 is 0. The van der Waals surface area contributed by atoms with E-state index in [2.05, 4.69) is 46.9 Å². The Kier molecular flexibility index (Phi) is 7.58. The molecule has 0 radical (unpaired) electrons. The Hall–Kier alpha value is -2.25. The van der Waals surface area contributed by atoms with Gasteiger partial charge >= 0.3 is 0 Å². The maximum Gasteiger partial charge on any atom is 0.224 e. The number of pyridine rings is 1. The maximum atomic E-state index is 9.81. The molecule has 212 valence electrons. The number of anilines is 2. The monoisotopic (exact) mass is 532 g/mol. The molecule has 7 atom stereocenters. The summed E-state index contributed by atoms with van der Waals surface area (Å²) in [4.78, 5) is 14.4. The van der Waals surface area contributed by atoms with E-state index in [1.807, 2.05) is 19.3 Å². The summed E-state index contributed by atoms with van der Waals surface area (Å²) in [5.41, 5.74) is 4.07. The topological polar surface area (TPSA) is 95.0 Å². The van der Waals surface area contributed by atoms with Crippen LogP contribution >= 0.6 is 0 Å². The number of nitrogens with one attached hydrogen (secondary N) is 3. The molecule has 0 aliphatic heterocycles. The molecule has 0 amide bonds. The molecule has 4 saturated carbocycles. The van der Waals surface area contributed by atoms with Gasteiger partial charge in [-0.15, -0.1) is 0 Å². The van der Waals surface area contributed by atoms with Crippen molar-refractivity contribution in [1.29, 1.82) is 0 Å². The predicted octanol–water partition coefficient (Wildman–Crippen LogP) is 6.16. The molecule has 0 saturated heterocycles. The SMILES string of the molecule is CCCCNc1ncc(-c2ccc(CNC34CC5CC6CC(C3)C4(C6)C5)cn2)c(N[C@H](CC)CC[C@@H](C)O)n1. The van der Waals surface area contributed by atoms with E-state index in [1.54, 1.807) is 0 Å². The van der Waals surface area contributed by atoms with Gasteiger partial charge in [0.25, 0.3) is 0 Å². The van der Waals surface area contributed by atoms with E-state index in [4.69, 9.17) is 9.97 Å². The van der Waals surface area contributed by atoms with Crippen molar-refractivity contribution in [3.05, 3.63) is 30.1 Å². The normalized spacial score (nSPS) is 31.5. The Balaban J connectivity index is 1.16. The second-order valence-electron chi connectivity index (χ2n) is 13.3. The Labute approximate surface area is 234 Å². The number of rotatable bonds is 14. The van der Waals surface area contributed by atoms with Crippen LogP contribution in [-0.4, -0.2) is 44.3 Å². The highest BCUT2D eigenvalue weighted by Crippen LogP contribution is 2.77. The van der Waals surface area contributed by atoms with Crippen LogP contribution in [0, 0.1) is 23.2 Å². The first kappa shape index (κ1) is 26.9. The van der Waals surface area contributed by atoms with Gasteiger partial charge in [0.05, 0.1) is 17.4 Å². The molecule has 4 N–H and O–H groups in total. The fraction of sp³-hybridized carbons (Fsp3) is 0.719. The Morgan fingerprint density at radius 3 is 2.67 bits per heavy atom. The average molecular weight is 533 g/mol. The lowest BCUT2D eigenvalue weighted by Crippen LogP contribution is -2.65. The lowest BCUT2D eigenvalue weighted by Gasteiger charge is -2.59. The Morgan fingerprint density at radius 2 is 1.90 bits per heavy atom. The highest BCUT2D eigenvalue weighted by atomic mass is 16.3. The number of fused-ring (bicyclic) bond motifs is 2. The van der Waals surface area contributed by atoms with E-state index >= 15 is 0 Å². The first-order valence-corrected chi connectivity index (χ1v) is 15.7. The van der Waals surface area contributed by atoms with Crippen LogP contribution in [-0.2, 0) is 6.54 Å². The molecular formula is C32H48N6O. The molecule has 4 aliphatic carbocycles. The van der Waals surface area contributed by atoms with Crippen LogP contribution in [0.5, 0.6) is 0 Å². The minimum Gasteiger partial charge on any atom is -0.393 e. The first-order valence-electron chi connectivity index (χ1n) is 15.7.